The third kappa shape index (κ3) is 3.77. The molecule has 0 bridgehead atoms. The Kier molecular flexibility index (Phi) is 5.93. The number of piperidine rings is 1. The van der Waals surface area contributed by atoms with Crippen molar-refractivity contribution in [3.63, 3.8) is 0 Å². The number of amides is 1. The predicted octanol–water partition coefficient (Wildman–Crippen LogP) is 3.96. The lowest BCUT2D eigenvalue weighted by Crippen LogP contribution is -2.43. The Morgan fingerprint density at radius 2 is 1.88 bits per heavy atom. The van der Waals surface area contributed by atoms with Gasteiger partial charge in [0.2, 0.25) is 5.91 Å². The number of hydrogen-bond acceptors (Lipinski definition) is 2. The van der Waals surface area contributed by atoms with Gasteiger partial charge < -0.3 is 10.6 Å². The van der Waals surface area contributed by atoms with E-state index in [1.165, 1.54) is 12.5 Å². The van der Waals surface area contributed by atoms with Crippen LogP contribution in [0.5, 0.6) is 0 Å². The number of carbonyl (C=O) groups is 1. The molecule has 3 nitrogen and oxygen atoms in total. The summed E-state index contributed by atoms with van der Waals surface area (Å²) in [5, 5.41) is 6.65. The average molecular weight is 381 g/mol. The summed E-state index contributed by atoms with van der Waals surface area (Å²) < 4.78 is 13.8. The number of hydrogen-bond donors (Lipinski definition) is 2. The first-order chi connectivity index (χ1) is 12.1. The molecular formula is C21H30ClFN2O. The van der Waals surface area contributed by atoms with Crippen molar-refractivity contribution >= 4 is 18.3 Å². The second-order valence-corrected chi connectivity index (χ2v) is 8.44. The van der Waals surface area contributed by atoms with Crippen molar-refractivity contribution in [1.29, 1.82) is 0 Å². The maximum absolute atomic E-state index is 13.8. The number of nitrogens with one attached hydrogen (secondary N) is 2. The van der Waals surface area contributed by atoms with E-state index in [1.807, 2.05) is 6.07 Å². The van der Waals surface area contributed by atoms with Gasteiger partial charge in [-0.25, -0.2) is 4.39 Å². The first kappa shape index (κ1) is 19.6. The fourth-order valence-corrected chi connectivity index (χ4v) is 5.19. The normalized spacial score (nSPS) is 26.0. The summed E-state index contributed by atoms with van der Waals surface area (Å²) >= 11 is 0. The van der Waals surface area contributed by atoms with E-state index in [4.69, 9.17) is 0 Å². The second-order valence-electron chi connectivity index (χ2n) is 8.44. The van der Waals surface area contributed by atoms with Crippen LogP contribution < -0.4 is 10.6 Å². The third-order valence-corrected chi connectivity index (χ3v) is 6.95. The van der Waals surface area contributed by atoms with Gasteiger partial charge in [0.25, 0.3) is 0 Å². The molecular weight excluding hydrogens is 351 g/mol. The van der Waals surface area contributed by atoms with Gasteiger partial charge in [0.05, 0.1) is 0 Å². The summed E-state index contributed by atoms with van der Waals surface area (Å²) in [7, 11) is 0. The molecule has 1 aromatic carbocycles. The summed E-state index contributed by atoms with van der Waals surface area (Å²) in [4.78, 5) is 12.8. The van der Waals surface area contributed by atoms with Gasteiger partial charge in [0.1, 0.15) is 5.82 Å². The van der Waals surface area contributed by atoms with Gasteiger partial charge in [0, 0.05) is 17.9 Å². The molecule has 2 N–H and O–H groups in total. The molecule has 2 saturated carbocycles. The van der Waals surface area contributed by atoms with Crippen LogP contribution in [0.15, 0.2) is 24.3 Å². The molecule has 1 aromatic rings. The van der Waals surface area contributed by atoms with E-state index >= 15 is 0 Å². The molecule has 1 aliphatic heterocycles. The minimum absolute atomic E-state index is 0. The van der Waals surface area contributed by atoms with Gasteiger partial charge in [-0.15, -0.1) is 12.4 Å². The second kappa shape index (κ2) is 7.85. The highest BCUT2D eigenvalue weighted by atomic mass is 35.5. The number of carbonyl (C=O) groups excluding carboxylic acids is 1. The van der Waals surface area contributed by atoms with Crippen LogP contribution in [0.2, 0.25) is 0 Å². The van der Waals surface area contributed by atoms with Crippen LogP contribution in [0.4, 0.5) is 4.39 Å². The molecule has 0 radical (unpaired) electrons. The predicted molar refractivity (Wildman–Crippen MR) is 104 cm³/mol. The minimum Gasteiger partial charge on any atom is -0.355 e. The van der Waals surface area contributed by atoms with E-state index in [0.717, 1.165) is 63.6 Å². The Hall–Kier alpha value is -1.13. The van der Waals surface area contributed by atoms with E-state index in [9.17, 15) is 9.18 Å². The first-order valence-corrected chi connectivity index (χ1v) is 9.88. The molecule has 3 fully saturated rings. The zero-order valence-electron chi connectivity index (χ0n) is 15.4. The topological polar surface area (TPSA) is 41.1 Å². The molecule has 5 heteroatoms. The maximum atomic E-state index is 13.8. The average Bonchev–Trinajstić information content (AvgIpc) is 3.34. The summed E-state index contributed by atoms with van der Waals surface area (Å²) in [5.74, 6) is 0.246. The van der Waals surface area contributed by atoms with E-state index in [0.29, 0.717) is 6.54 Å². The molecule has 1 atom stereocenters. The van der Waals surface area contributed by atoms with Crippen LogP contribution >= 0.6 is 12.4 Å². The highest BCUT2D eigenvalue weighted by molar-refractivity contribution is 5.85. The van der Waals surface area contributed by atoms with Crippen LogP contribution in [0.25, 0.3) is 0 Å². The van der Waals surface area contributed by atoms with Gasteiger partial charge in [-0.2, -0.15) is 0 Å². The zero-order chi connectivity index (χ0) is 17.3. The van der Waals surface area contributed by atoms with Crippen LogP contribution in [0.3, 0.4) is 0 Å². The highest BCUT2D eigenvalue weighted by Crippen LogP contribution is 2.58. The molecule has 2 aliphatic carbocycles. The molecule has 4 rings (SSSR count). The third-order valence-electron chi connectivity index (χ3n) is 6.95. The van der Waals surface area contributed by atoms with Crippen molar-refractivity contribution in [1.82, 2.24) is 10.6 Å². The monoisotopic (exact) mass is 380 g/mol. The molecule has 26 heavy (non-hydrogen) atoms. The lowest BCUT2D eigenvalue weighted by atomic mass is 9.69. The van der Waals surface area contributed by atoms with Gasteiger partial charge in [-0.1, -0.05) is 31.4 Å². The van der Waals surface area contributed by atoms with E-state index in [-0.39, 0.29) is 40.9 Å². The summed E-state index contributed by atoms with van der Waals surface area (Å²) in [6.07, 6.45) is 8.93. The molecule has 3 aliphatic rings. The van der Waals surface area contributed by atoms with Gasteiger partial charge >= 0.3 is 0 Å². The van der Waals surface area contributed by atoms with E-state index in [2.05, 4.69) is 10.6 Å². The van der Waals surface area contributed by atoms with Gasteiger partial charge in [0.15, 0.2) is 0 Å². The van der Waals surface area contributed by atoms with Gasteiger partial charge in [-0.3, -0.25) is 4.79 Å². The quantitative estimate of drug-likeness (QED) is 0.830. The van der Waals surface area contributed by atoms with Crippen LogP contribution in [0, 0.1) is 17.2 Å². The molecule has 1 heterocycles. The van der Waals surface area contributed by atoms with Crippen molar-refractivity contribution in [3.8, 4) is 0 Å². The van der Waals surface area contributed by atoms with Crippen LogP contribution in [-0.4, -0.2) is 25.5 Å². The molecule has 1 amide bonds. The summed E-state index contributed by atoms with van der Waals surface area (Å²) in [6.45, 7) is 2.73. The van der Waals surface area contributed by atoms with Crippen LogP contribution in [-0.2, 0) is 10.2 Å². The molecule has 0 aromatic heterocycles. The number of halogens is 2. The van der Waals surface area contributed by atoms with E-state index in [1.54, 1.807) is 12.1 Å². The fourth-order valence-electron chi connectivity index (χ4n) is 5.19. The van der Waals surface area contributed by atoms with Crippen LogP contribution in [0.1, 0.15) is 56.9 Å². The first-order valence-electron chi connectivity index (χ1n) is 9.88. The zero-order valence-corrected chi connectivity index (χ0v) is 16.2. The molecule has 144 valence electrons. The minimum atomic E-state index is -0.176. The van der Waals surface area contributed by atoms with Crippen molar-refractivity contribution in [2.75, 3.05) is 19.6 Å². The lowest BCUT2D eigenvalue weighted by Gasteiger charge is -2.38. The Morgan fingerprint density at radius 1 is 1.15 bits per heavy atom. The van der Waals surface area contributed by atoms with Crippen molar-refractivity contribution in [3.05, 3.63) is 35.6 Å². The highest BCUT2D eigenvalue weighted by Gasteiger charge is 2.57. The van der Waals surface area contributed by atoms with E-state index < -0.39 is 0 Å². The standard InChI is InChI=1S/C21H29FN2O.ClH/c22-17-6-4-5-16(13-17)21(7-2-1-3-8-21)15-24-19(25)18-14-20(18)9-11-23-12-10-20;/h4-6,13,18,23H,1-3,7-12,14-15H2,(H,24,25);1H. The van der Waals surface area contributed by atoms with Gasteiger partial charge in [-0.05, 0) is 68.3 Å². The summed E-state index contributed by atoms with van der Waals surface area (Å²) in [6, 6.07) is 7.01. The Labute approximate surface area is 161 Å². The van der Waals surface area contributed by atoms with Crippen molar-refractivity contribution in [2.45, 2.75) is 56.8 Å². The van der Waals surface area contributed by atoms with Crippen molar-refractivity contribution < 1.29 is 9.18 Å². The SMILES string of the molecule is Cl.O=C(NCC1(c2cccc(F)c2)CCCCC1)C1CC12CCNCC2. The number of rotatable bonds is 4. The number of benzene rings is 1. The van der Waals surface area contributed by atoms with Crippen molar-refractivity contribution in [2.24, 2.45) is 11.3 Å². The smallest absolute Gasteiger partial charge is 0.223 e. The molecule has 1 saturated heterocycles. The Morgan fingerprint density at radius 3 is 2.58 bits per heavy atom. The fraction of sp³-hybridized carbons (Fsp3) is 0.667. The molecule has 1 unspecified atom stereocenters. The maximum Gasteiger partial charge on any atom is 0.223 e. The largest absolute Gasteiger partial charge is 0.355 e. The molecule has 1 spiro atoms. The Bertz CT molecular complexity index is 639. The lowest BCUT2D eigenvalue weighted by molar-refractivity contribution is -0.123. The Balaban J connectivity index is 0.00000196. The summed E-state index contributed by atoms with van der Waals surface area (Å²) in [5.41, 5.74) is 1.24.